The topological polar surface area (TPSA) is 133 Å². The third-order valence-electron chi connectivity index (χ3n) is 0. The van der Waals surface area contributed by atoms with Crippen LogP contribution in [0.2, 0.25) is 0 Å². The molecule has 0 aliphatic carbocycles. The molecule has 6 heavy (non-hydrogen) atoms. The van der Waals surface area contributed by atoms with E-state index in [4.69, 9.17) is 17.2 Å². The molecule has 0 atom stereocenters. The maximum atomic E-state index is 4.87. The Morgan fingerprint density at radius 2 is 0.833 bits per heavy atom. The van der Waals surface area contributed by atoms with Crippen molar-refractivity contribution < 1.29 is 22.5 Å². The van der Waals surface area contributed by atoms with Crippen molar-refractivity contribution in [3.8, 4) is 0 Å². The van der Waals surface area contributed by atoms with Gasteiger partial charge in [-0.3, -0.25) is 0 Å². The molecule has 0 aromatic rings. The summed E-state index contributed by atoms with van der Waals surface area (Å²) < 4.78 is 19.5. The Labute approximate surface area is 40.3 Å². The molecule has 0 heterocycles. The molecule has 0 rings (SSSR count). The van der Waals surface area contributed by atoms with Gasteiger partial charge in [0.2, 0.25) is 0 Å². The Morgan fingerprint density at radius 3 is 0.833 bits per heavy atom. The molecule has 0 aromatic heterocycles. The van der Waals surface area contributed by atoms with E-state index in [-0.39, 0.29) is 5.48 Å². The molecule has 0 spiro atoms. The monoisotopic (exact) mass is 275 g/mol. The van der Waals surface area contributed by atoms with Crippen molar-refractivity contribution in [1.82, 2.24) is 0 Å². The van der Waals surface area contributed by atoms with Gasteiger partial charge in [0, 0.05) is 5.48 Å². The molecule has 0 unspecified atom stereocenters. The summed E-state index contributed by atoms with van der Waals surface area (Å²) in [6, 6.07) is 0. The molecule has 2 radical (unpaired) electrons. The van der Waals surface area contributed by atoms with Crippen LogP contribution < -0.4 is 17.2 Å². The van der Waals surface area contributed by atoms with Gasteiger partial charge in [0.1, 0.15) is 0 Å². The zero-order chi connectivity index (χ0) is 4.50. The van der Waals surface area contributed by atoms with Crippen LogP contribution >= 0.6 is 0 Å². The van der Waals surface area contributed by atoms with E-state index >= 15 is 0 Å². The molecule has 8 N–H and O–H groups in total. The largest absolute Gasteiger partial charge is 0 e. The second-order valence-corrected chi connectivity index (χ2v) is 5.18. The predicted octanol–water partition coefficient (Wildman–Crippen LogP) is -2.48. The standard InChI is InChI=1S/4H2N.O.Pt/h4*1H2;;/q4*-1;;+4. The molecular weight excluding hydrogens is 267 g/mol. The minimum absolute atomic E-state index is 0. The Hall–Kier alpha value is 0.488. The first-order chi connectivity index (χ1) is 2.00. The third kappa shape index (κ3) is 229. The smallest absolute Gasteiger partial charge is 0 e. The fourth-order valence-electron chi connectivity index (χ4n) is 0. The van der Waals surface area contributed by atoms with Gasteiger partial charge in [0.15, 0.2) is 0 Å². The number of hydrogen-bond donors (Lipinski definition) is 4. The van der Waals surface area contributed by atoms with Crippen molar-refractivity contribution in [2.24, 2.45) is 17.2 Å². The van der Waals surface area contributed by atoms with E-state index in [0.717, 1.165) is 0 Å². The summed E-state index contributed by atoms with van der Waals surface area (Å²) in [5, 5.41) is 0. The van der Waals surface area contributed by atoms with E-state index < -0.39 is 17.1 Å². The van der Waals surface area contributed by atoms with Gasteiger partial charge < -0.3 is 0 Å². The fourth-order valence-corrected chi connectivity index (χ4v) is 0. The quantitative estimate of drug-likeness (QED) is 0.389. The minimum Gasteiger partial charge on any atom is 0 e. The van der Waals surface area contributed by atoms with E-state index in [1.807, 2.05) is 0 Å². The molecule has 5 nitrogen and oxygen atoms in total. The molecule has 0 aliphatic rings. The van der Waals surface area contributed by atoms with Crippen molar-refractivity contribution in [1.29, 1.82) is 0 Å². The Bertz CT molecular complexity index is 23.0. The maximum absolute atomic E-state index is 4.87. The van der Waals surface area contributed by atoms with Crippen LogP contribution in [0.25, 0.3) is 0 Å². The fraction of sp³-hybridized carbons (Fsp3) is 0. The summed E-state index contributed by atoms with van der Waals surface area (Å²) in [5.74, 6) is 0. The second-order valence-electron chi connectivity index (χ2n) is 0.632. The molecule has 44 valence electrons. The van der Waals surface area contributed by atoms with Crippen LogP contribution in [0.3, 0.4) is 0 Å². The summed E-state index contributed by atoms with van der Waals surface area (Å²) in [6.45, 7) is 0. The summed E-state index contributed by atoms with van der Waals surface area (Å²) in [5.41, 5.74) is 0. The summed E-state index contributed by atoms with van der Waals surface area (Å²) >= 11 is -2.94. The molecule has 6 heteroatoms. The molecule has 0 bridgehead atoms. The first kappa shape index (κ1) is 9.70. The first-order valence-electron chi connectivity index (χ1n) is 0.730. The molecule has 0 aromatic carbocycles. The minimum atomic E-state index is -2.94. The van der Waals surface area contributed by atoms with E-state index in [0.29, 0.717) is 0 Å². The molecule has 0 fully saturated rings. The van der Waals surface area contributed by atoms with Gasteiger partial charge in [0.25, 0.3) is 0 Å². The maximum Gasteiger partial charge on any atom is 0 e. The van der Waals surface area contributed by atoms with Gasteiger partial charge in [-0.15, -0.1) is 0 Å². The summed E-state index contributed by atoms with van der Waals surface area (Å²) in [7, 11) is 0. The Kier molecular flexibility index (Phi) is 4.25. The molecule has 0 amide bonds. The molecule has 0 saturated carbocycles. The van der Waals surface area contributed by atoms with Gasteiger partial charge in [-0.25, -0.2) is 0 Å². The number of nitrogens with two attached hydrogens (primary N) is 4. The summed E-state index contributed by atoms with van der Waals surface area (Å²) in [4.78, 5) is 0. The molecular formula is H8N4OPt. The van der Waals surface area contributed by atoms with Crippen molar-refractivity contribution in [3.63, 3.8) is 0 Å². The summed E-state index contributed by atoms with van der Waals surface area (Å²) in [6.07, 6.45) is 0. The van der Waals surface area contributed by atoms with Crippen molar-refractivity contribution in [3.05, 3.63) is 0 Å². The van der Waals surface area contributed by atoms with Gasteiger partial charge in [-0.1, -0.05) is 0 Å². The van der Waals surface area contributed by atoms with Crippen LogP contribution in [-0.2, 0) is 22.5 Å². The van der Waals surface area contributed by atoms with Crippen LogP contribution in [0.15, 0.2) is 0 Å². The zero-order valence-electron chi connectivity index (χ0n) is 3.03. The van der Waals surface area contributed by atoms with E-state index in [9.17, 15) is 0 Å². The van der Waals surface area contributed by atoms with Gasteiger partial charge >= 0.3 is 34.2 Å². The average Bonchev–Trinajstić information content (AvgIpc) is 0.722. The molecule has 0 saturated heterocycles. The van der Waals surface area contributed by atoms with Gasteiger partial charge in [0.05, 0.1) is 0 Å². The van der Waals surface area contributed by atoms with E-state index in [2.05, 4.69) is 0 Å². The van der Waals surface area contributed by atoms with Gasteiger partial charge in [-0.05, 0) is 0 Å². The van der Waals surface area contributed by atoms with Crippen LogP contribution in [-0.4, -0.2) is 0 Å². The van der Waals surface area contributed by atoms with Crippen molar-refractivity contribution >= 4 is 0 Å². The van der Waals surface area contributed by atoms with Crippen LogP contribution in [0, 0.1) is 0 Å². The van der Waals surface area contributed by atoms with Crippen LogP contribution in [0.1, 0.15) is 0 Å². The first-order valence-corrected chi connectivity index (χ1v) is 5.98. The zero-order valence-corrected chi connectivity index (χ0v) is 5.31. The second kappa shape index (κ2) is 2.63. The van der Waals surface area contributed by atoms with Crippen LogP contribution in [0.5, 0.6) is 0 Å². The molecule has 0 aliphatic heterocycles. The third-order valence-corrected chi connectivity index (χ3v) is 0. The normalized spacial score (nSPS) is 12.7. The van der Waals surface area contributed by atoms with Crippen LogP contribution in [0.4, 0.5) is 0 Å². The predicted molar refractivity (Wildman–Crippen MR) is 17.4 cm³/mol. The SMILES string of the molecule is [NH2][Pt]([NH2])([NH2])[NH2].[O]. The Balaban J connectivity index is 0. The Morgan fingerprint density at radius 1 is 0.833 bits per heavy atom. The number of hydrogen-bond acceptors (Lipinski definition) is 4. The average molecular weight is 275 g/mol. The van der Waals surface area contributed by atoms with E-state index in [1.165, 1.54) is 0 Å². The number of rotatable bonds is 0. The van der Waals surface area contributed by atoms with Gasteiger partial charge in [-0.2, -0.15) is 0 Å². The van der Waals surface area contributed by atoms with Crippen molar-refractivity contribution in [2.45, 2.75) is 0 Å². The van der Waals surface area contributed by atoms with Crippen molar-refractivity contribution in [2.75, 3.05) is 0 Å². The van der Waals surface area contributed by atoms with E-state index in [1.54, 1.807) is 0 Å².